The summed E-state index contributed by atoms with van der Waals surface area (Å²) in [5.74, 6) is 1.11. The Morgan fingerprint density at radius 3 is 2.42 bits per heavy atom. The molecule has 0 heterocycles. The van der Waals surface area contributed by atoms with Gasteiger partial charge in [-0.05, 0) is 36.5 Å². The zero-order chi connectivity index (χ0) is 13.9. The highest BCUT2D eigenvalue weighted by atomic mass is 35.5. The Morgan fingerprint density at radius 2 is 1.95 bits per heavy atom. The van der Waals surface area contributed by atoms with E-state index in [1.807, 2.05) is 6.92 Å². The molecule has 1 aliphatic carbocycles. The van der Waals surface area contributed by atoms with Crippen LogP contribution in [0.1, 0.15) is 38.2 Å². The summed E-state index contributed by atoms with van der Waals surface area (Å²) in [7, 11) is -3.41. The van der Waals surface area contributed by atoms with Crippen molar-refractivity contribution in [3.05, 3.63) is 29.8 Å². The summed E-state index contributed by atoms with van der Waals surface area (Å²) in [4.78, 5) is 0.315. The molecule has 1 N–H and O–H groups in total. The fourth-order valence-electron chi connectivity index (χ4n) is 2.10. The van der Waals surface area contributed by atoms with Crippen molar-refractivity contribution in [2.45, 2.75) is 49.4 Å². The summed E-state index contributed by atoms with van der Waals surface area (Å²) < 4.78 is 27.3. The van der Waals surface area contributed by atoms with Crippen LogP contribution in [0.4, 0.5) is 0 Å². The Hall–Kier alpha value is -0.580. The van der Waals surface area contributed by atoms with Crippen LogP contribution in [0, 0.1) is 5.92 Å². The maximum atomic E-state index is 12.3. The molecule has 1 fully saturated rings. The van der Waals surface area contributed by atoms with Gasteiger partial charge in [0.1, 0.15) is 0 Å². The van der Waals surface area contributed by atoms with E-state index < -0.39 is 10.0 Å². The minimum atomic E-state index is -3.41. The van der Waals surface area contributed by atoms with Crippen LogP contribution in [0.2, 0.25) is 0 Å². The largest absolute Gasteiger partial charge is 0.240 e. The molecule has 0 saturated heterocycles. The van der Waals surface area contributed by atoms with Crippen molar-refractivity contribution < 1.29 is 8.42 Å². The van der Waals surface area contributed by atoms with Crippen molar-refractivity contribution in [2.75, 3.05) is 0 Å². The number of hydrogen-bond acceptors (Lipinski definition) is 2. The molecule has 0 aromatic heterocycles. The molecule has 0 aliphatic heterocycles. The van der Waals surface area contributed by atoms with E-state index in [-0.39, 0.29) is 6.04 Å². The molecule has 3 nitrogen and oxygen atoms in total. The molecule has 1 aliphatic rings. The van der Waals surface area contributed by atoms with Crippen LogP contribution in [-0.4, -0.2) is 14.5 Å². The van der Waals surface area contributed by atoms with E-state index in [4.69, 9.17) is 11.6 Å². The molecule has 1 unspecified atom stereocenters. The van der Waals surface area contributed by atoms with Gasteiger partial charge in [0.2, 0.25) is 10.0 Å². The van der Waals surface area contributed by atoms with Gasteiger partial charge < -0.3 is 0 Å². The van der Waals surface area contributed by atoms with Gasteiger partial charge in [0.15, 0.2) is 0 Å². The van der Waals surface area contributed by atoms with Crippen LogP contribution in [0.3, 0.4) is 0 Å². The number of hydrogen-bond donors (Lipinski definition) is 1. The maximum Gasteiger partial charge on any atom is 0.240 e. The Kier molecular flexibility index (Phi) is 4.87. The Bertz CT molecular complexity index is 509. The van der Waals surface area contributed by atoms with E-state index in [1.54, 1.807) is 24.3 Å². The normalized spacial score (nSPS) is 17.4. The summed E-state index contributed by atoms with van der Waals surface area (Å²) in [6.07, 6.45) is 4.26. The van der Waals surface area contributed by atoms with Gasteiger partial charge in [-0.2, -0.15) is 0 Å². The molecule has 2 rings (SSSR count). The lowest BCUT2D eigenvalue weighted by molar-refractivity contribution is 0.495. The van der Waals surface area contributed by atoms with Crippen LogP contribution in [0.25, 0.3) is 0 Å². The van der Waals surface area contributed by atoms with Crippen molar-refractivity contribution in [3.8, 4) is 0 Å². The second-order valence-corrected chi connectivity index (χ2v) is 7.16. The highest BCUT2D eigenvalue weighted by molar-refractivity contribution is 7.89. The van der Waals surface area contributed by atoms with Crippen molar-refractivity contribution >= 4 is 21.6 Å². The van der Waals surface area contributed by atoms with Crippen LogP contribution < -0.4 is 4.72 Å². The van der Waals surface area contributed by atoms with Crippen LogP contribution >= 0.6 is 11.6 Å². The first kappa shape index (κ1) is 14.8. The number of rotatable bonds is 7. The molecule has 1 aromatic carbocycles. The van der Waals surface area contributed by atoms with Gasteiger partial charge in [0.05, 0.1) is 4.90 Å². The summed E-state index contributed by atoms with van der Waals surface area (Å²) in [5, 5.41) is 0. The molecular formula is C14H20ClNO2S. The van der Waals surface area contributed by atoms with E-state index in [0.29, 0.717) is 16.7 Å². The first-order valence-electron chi connectivity index (χ1n) is 6.72. The lowest BCUT2D eigenvalue weighted by atomic mass is 10.1. The monoisotopic (exact) mass is 301 g/mol. The van der Waals surface area contributed by atoms with Crippen molar-refractivity contribution in [3.63, 3.8) is 0 Å². The number of nitrogens with one attached hydrogen (secondary N) is 1. The maximum absolute atomic E-state index is 12.3. The Balaban J connectivity index is 2.06. The molecule has 5 heteroatoms. The highest BCUT2D eigenvalue weighted by Gasteiger charge is 2.27. The van der Waals surface area contributed by atoms with Gasteiger partial charge in [-0.3, -0.25) is 0 Å². The topological polar surface area (TPSA) is 46.2 Å². The molecule has 19 heavy (non-hydrogen) atoms. The third-order valence-corrected chi connectivity index (χ3v) is 5.36. The zero-order valence-corrected chi connectivity index (χ0v) is 12.7. The van der Waals surface area contributed by atoms with Gasteiger partial charge in [0, 0.05) is 11.9 Å². The Labute approximate surface area is 120 Å². The fraction of sp³-hybridized carbons (Fsp3) is 0.571. The molecule has 0 radical (unpaired) electrons. The van der Waals surface area contributed by atoms with Gasteiger partial charge in [0.25, 0.3) is 0 Å². The van der Waals surface area contributed by atoms with E-state index in [2.05, 4.69) is 4.72 Å². The number of sulfonamides is 1. The second kappa shape index (κ2) is 6.25. The van der Waals surface area contributed by atoms with Crippen LogP contribution in [0.15, 0.2) is 29.2 Å². The van der Waals surface area contributed by atoms with Crippen LogP contribution in [0.5, 0.6) is 0 Å². The number of alkyl halides is 1. The highest BCUT2D eigenvalue weighted by Crippen LogP contribution is 2.34. The molecule has 1 aromatic rings. The van der Waals surface area contributed by atoms with Crippen molar-refractivity contribution in [2.24, 2.45) is 5.92 Å². The average molecular weight is 302 g/mol. The zero-order valence-electron chi connectivity index (χ0n) is 11.1. The smallest absolute Gasteiger partial charge is 0.208 e. The number of benzene rings is 1. The third kappa shape index (κ3) is 4.20. The fourth-order valence-corrected chi connectivity index (χ4v) is 3.61. The number of halogens is 1. The lowest BCUT2D eigenvalue weighted by Crippen LogP contribution is -2.34. The SMILES string of the molecule is CCC(CC1CC1)NS(=O)(=O)c1ccc(CCl)cc1. The van der Waals surface area contributed by atoms with E-state index in [1.165, 1.54) is 12.8 Å². The van der Waals surface area contributed by atoms with E-state index >= 15 is 0 Å². The van der Waals surface area contributed by atoms with Gasteiger partial charge in [-0.1, -0.05) is 31.9 Å². The predicted octanol–water partition coefficient (Wildman–Crippen LogP) is 3.28. The standard InChI is InChI=1S/C14H20ClNO2S/c1-2-13(9-11-3-4-11)16-19(17,18)14-7-5-12(10-15)6-8-14/h5-8,11,13,16H,2-4,9-10H2,1H3. The molecule has 0 spiro atoms. The summed E-state index contributed by atoms with van der Waals surface area (Å²) >= 11 is 5.70. The first-order valence-corrected chi connectivity index (χ1v) is 8.74. The molecular weight excluding hydrogens is 282 g/mol. The Morgan fingerprint density at radius 1 is 1.32 bits per heavy atom. The molecule has 1 saturated carbocycles. The van der Waals surface area contributed by atoms with Crippen molar-refractivity contribution in [1.82, 2.24) is 4.72 Å². The second-order valence-electron chi connectivity index (χ2n) is 5.18. The summed E-state index contributed by atoms with van der Waals surface area (Å²) in [6, 6.07) is 6.78. The molecule has 0 amide bonds. The van der Waals surface area contributed by atoms with Gasteiger partial charge in [-0.15, -0.1) is 11.6 Å². The predicted molar refractivity (Wildman–Crippen MR) is 77.7 cm³/mol. The minimum absolute atomic E-state index is 0.0465. The van der Waals surface area contributed by atoms with Gasteiger partial charge in [-0.25, -0.2) is 13.1 Å². The average Bonchev–Trinajstić information content (AvgIpc) is 3.21. The van der Waals surface area contributed by atoms with Crippen molar-refractivity contribution in [1.29, 1.82) is 0 Å². The summed E-state index contributed by atoms with van der Waals surface area (Å²) in [6.45, 7) is 2.02. The lowest BCUT2D eigenvalue weighted by Gasteiger charge is -2.16. The van der Waals surface area contributed by atoms with E-state index in [9.17, 15) is 8.42 Å². The first-order chi connectivity index (χ1) is 9.05. The molecule has 0 bridgehead atoms. The minimum Gasteiger partial charge on any atom is -0.208 e. The quantitative estimate of drug-likeness (QED) is 0.786. The summed E-state index contributed by atoms with van der Waals surface area (Å²) in [5.41, 5.74) is 0.922. The van der Waals surface area contributed by atoms with Crippen LogP contribution in [-0.2, 0) is 15.9 Å². The van der Waals surface area contributed by atoms with Gasteiger partial charge >= 0.3 is 0 Å². The van der Waals surface area contributed by atoms with E-state index in [0.717, 1.165) is 18.4 Å². The molecule has 1 atom stereocenters. The third-order valence-electron chi connectivity index (χ3n) is 3.52. The molecule has 106 valence electrons.